The second-order valence-electron chi connectivity index (χ2n) is 43.9. The zero-order valence-corrected chi connectivity index (χ0v) is 87.1. The first-order valence-electron chi connectivity index (χ1n) is 54.6. The normalized spacial score (nSPS) is 28.0. The van der Waals surface area contributed by atoms with Crippen molar-refractivity contribution in [2.45, 2.75) is 337 Å². The van der Waals surface area contributed by atoms with Crippen LogP contribution in [0.4, 0.5) is 0 Å². The summed E-state index contributed by atoms with van der Waals surface area (Å²) in [5.74, 6) is 11.5. The number of allylic oxidation sites excluding steroid dienone is 10. The maximum absolute atomic E-state index is 5.67. The molecule has 23 rings (SSSR count). The zero-order chi connectivity index (χ0) is 91.2. The van der Waals surface area contributed by atoms with Crippen LogP contribution >= 0.6 is 35.2 Å². The molecule has 15 atom stereocenters. The molecular weight excluding hydrogens is 1780 g/mol. The van der Waals surface area contributed by atoms with Gasteiger partial charge in [0.25, 0.3) is 0 Å². The van der Waals surface area contributed by atoms with Crippen molar-refractivity contribution in [3.63, 3.8) is 0 Å². The molecule has 10 aromatic rings. The number of para-hydroxylation sites is 6. The van der Waals surface area contributed by atoms with Gasteiger partial charge in [-0.2, -0.15) is 0 Å². The van der Waals surface area contributed by atoms with Gasteiger partial charge in [0.2, 0.25) is 0 Å². The molecule has 7 aromatic carbocycles. The predicted molar refractivity (Wildman–Crippen MR) is 587 cm³/mol. The number of halogens is 2. The zero-order valence-electron chi connectivity index (χ0n) is 81.8. The summed E-state index contributed by atoms with van der Waals surface area (Å²) in [5, 5.41) is 8.26. The van der Waals surface area contributed by atoms with Gasteiger partial charge in [0, 0.05) is 101 Å². The maximum atomic E-state index is 5.67. The SMILES string of the molecule is C1=CC2CC1CC2Cn1c2ccccc2c2ccccc21.C1CCC([PH+](C2CCCCC2)C2CCCCC2)CC1.C1CCC([PH+](C2CCCCC2)C2CCCCC2)CC1.C=CC1CC(/C=C\C2CC(C=C)C(CC)C2)C(Cn2c3ccccc3c3ccccc32)C1.C=CC1CC(C=C)C(Cn2c3ccccc3c3ccccc32)C1.CCC1CC2C=CC1C2.[Cl][Ru]([Cl])=[CH]c1ccccc1. The van der Waals surface area contributed by atoms with Crippen molar-refractivity contribution >= 4 is 105 Å². The molecule has 133 heavy (non-hydrogen) atoms. The Kier molecular flexibility index (Phi) is 36.9. The van der Waals surface area contributed by atoms with Crippen LogP contribution < -0.4 is 0 Å². The summed E-state index contributed by atoms with van der Waals surface area (Å²) in [4.78, 5) is 0. The van der Waals surface area contributed by atoms with E-state index in [4.69, 9.17) is 19.4 Å². The molecular formula is C125H167Cl2N3P2Ru+2. The van der Waals surface area contributed by atoms with Crippen LogP contribution in [-0.4, -0.2) is 52.3 Å². The minimum absolute atomic E-state index is 0.0465. The molecule has 13 aliphatic rings. The molecule has 0 N–H and O–H groups in total. The van der Waals surface area contributed by atoms with Gasteiger partial charge in [-0.1, -0.05) is 235 Å². The number of nitrogens with zero attached hydrogens (tertiary/aromatic N) is 3. The van der Waals surface area contributed by atoms with Crippen molar-refractivity contribution in [3.8, 4) is 0 Å². The molecule has 13 aliphatic carbocycles. The number of fused-ring (bicyclic) bond motifs is 13. The van der Waals surface area contributed by atoms with Gasteiger partial charge in [-0.3, -0.25) is 0 Å². The Morgan fingerprint density at radius 3 is 0.857 bits per heavy atom. The average molecular weight is 1950 g/mol. The molecule has 3 nitrogen and oxygen atoms in total. The predicted octanol–water partition coefficient (Wildman–Crippen LogP) is 37.0. The third kappa shape index (κ3) is 24.9. The number of benzene rings is 7. The molecule has 4 bridgehead atoms. The van der Waals surface area contributed by atoms with Crippen LogP contribution in [0.15, 0.2) is 263 Å². The Bertz CT molecular complexity index is 5150. The van der Waals surface area contributed by atoms with E-state index in [0.717, 1.165) is 66.0 Å². The van der Waals surface area contributed by atoms with Crippen molar-refractivity contribution in [2.75, 3.05) is 0 Å². The Morgan fingerprint density at radius 1 is 0.286 bits per heavy atom. The van der Waals surface area contributed by atoms with E-state index in [2.05, 4.69) is 260 Å². The Balaban J connectivity index is 0.000000111. The third-order valence-corrected chi connectivity index (χ3v) is 46.9. The van der Waals surface area contributed by atoms with E-state index in [-0.39, 0.29) is 15.8 Å². The van der Waals surface area contributed by atoms with Crippen LogP contribution in [0.5, 0.6) is 0 Å². The Labute approximate surface area is 820 Å². The fraction of sp³-hybridized carbons (Fsp3) is 0.544. The number of hydrogen-bond acceptors (Lipinski definition) is 0. The summed E-state index contributed by atoms with van der Waals surface area (Å²) < 4.78 is 9.58. The molecule has 712 valence electrons. The van der Waals surface area contributed by atoms with Crippen molar-refractivity contribution in [1.82, 2.24) is 13.7 Å². The van der Waals surface area contributed by atoms with E-state index in [0.29, 0.717) is 41.4 Å². The van der Waals surface area contributed by atoms with Gasteiger partial charge < -0.3 is 13.7 Å². The summed E-state index contributed by atoms with van der Waals surface area (Å²) in [5.41, 5.74) is 16.7. The minimum atomic E-state index is -1.61. The average Bonchev–Trinajstić information content (AvgIpc) is 1.62. The first-order chi connectivity index (χ1) is 65.5. The van der Waals surface area contributed by atoms with Gasteiger partial charge in [0.05, 0.1) is 34.0 Å². The third-order valence-electron chi connectivity index (χ3n) is 35.9. The summed E-state index contributed by atoms with van der Waals surface area (Å²) in [6.45, 7) is 24.3. The van der Waals surface area contributed by atoms with Gasteiger partial charge in [0.15, 0.2) is 0 Å². The van der Waals surface area contributed by atoms with E-state index >= 15 is 0 Å². The van der Waals surface area contributed by atoms with Crippen LogP contribution in [-0.2, 0) is 33.2 Å². The van der Waals surface area contributed by atoms with Crippen LogP contribution in [0.2, 0.25) is 0 Å². The van der Waals surface area contributed by atoms with Gasteiger partial charge in [-0.05, 0) is 343 Å². The fourth-order valence-electron chi connectivity index (χ4n) is 29.1. The van der Waals surface area contributed by atoms with Crippen molar-refractivity contribution < 1.29 is 13.5 Å². The van der Waals surface area contributed by atoms with E-state index in [1.165, 1.54) is 183 Å². The quantitative estimate of drug-likeness (QED) is 0.0387. The van der Waals surface area contributed by atoms with Crippen molar-refractivity contribution in [2.24, 2.45) is 88.8 Å². The van der Waals surface area contributed by atoms with Gasteiger partial charge in [-0.25, -0.2) is 0 Å². The molecule has 0 radical (unpaired) electrons. The summed E-state index contributed by atoms with van der Waals surface area (Å²) in [6, 6.07) is 62.9. The molecule has 3 heterocycles. The van der Waals surface area contributed by atoms with Gasteiger partial charge in [-0.15, -0.1) is 26.3 Å². The molecule has 11 saturated carbocycles. The van der Waals surface area contributed by atoms with E-state index in [1.807, 2.05) is 34.9 Å². The molecule has 0 amide bonds. The second-order valence-corrected chi connectivity index (χ2v) is 56.5. The molecule has 11 fully saturated rings. The second kappa shape index (κ2) is 49.8. The standard InChI is InChI=1S/C31H37N.C22H23N.C20H19N.2C18H33P.C9H14.C7H6.2ClH.Ru/c1-4-22-17-26(16-15-23-19-24(5-2)25(6-3)20-23)27(18-22)21-32-30-13-9-7-11-28(30)29-12-8-10-14-31(29)32;1-3-16-13-17(4-2)18(14-16)15-23-21-11-7-5-9-19(21)20-10-6-8-12-22(20)23;1-3-7-19-17(5-1)18-6-2-4-8-20(18)21(19)13-16-12-14-9-10-15(16)11-14;2*1-4-10-16(11-5-1)19(17-12-6-2-7-13-17)18-14-8-3-9-15-18;1-2-8-5-7-3-4-9(8)6-7;1-7-5-3-2-4-6-7;;;/h4-5,7-16,22-27H,1-2,6,17-21H2,3H3;3-12,16-18H,1-2,13-15H2;1-10,14-16H,11-13H2;2*16-18H,1-15H2;3-4,7-9H,2,5-6H2,1H3;1-6H;2*1H;/q;;;;;;;;;+2/b16-15-;;;;;;;;;. The van der Waals surface area contributed by atoms with E-state index in [1.54, 1.807) is 193 Å². The van der Waals surface area contributed by atoms with Crippen LogP contribution in [0, 0.1) is 88.8 Å². The van der Waals surface area contributed by atoms with Crippen LogP contribution in [0.3, 0.4) is 0 Å². The van der Waals surface area contributed by atoms with Crippen LogP contribution in [0.25, 0.3) is 65.4 Å². The number of rotatable bonds is 21. The van der Waals surface area contributed by atoms with Gasteiger partial charge >= 0.3 is 73.4 Å². The van der Waals surface area contributed by atoms with Crippen molar-refractivity contribution in [3.05, 3.63) is 269 Å². The molecule has 0 saturated heterocycles. The molecule has 0 spiro atoms. The van der Waals surface area contributed by atoms with Crippen LogP contribution in [0.1, 0.15) is 289 Å². The Morgan fingerprint density at radius 2 is 0.571 bits per heavy atom. The monoisotopic (exact) mass is 1940 g/mol. The first-order valence-corrected chi connectivity index (χ1v) is 63.5. The molecule has 3 aromatic heterocycles. The molecule has 8 heteroatoms. The van der Waals surface area contributed by atoms with E-state index in [9.17, 15) is 0 Å². The number of hydrogen-bond donors (Lipinski definition) is 0. The topological polar surface area (TPSA) is 14.8 Å². The summed E-state index contributed by atoms with van der Waals surface area (Å²) >= 11 is -1.61. The van der Waals surface area contributed by atoms with Gasteiger partial charge in [0.1, 0.15) is 0 Å². The van der Waals surface area contributed by atoms with Crippen molar-refractivity contribution in [1.29, 1.82) is 0 Å². The molecule has 0 aliphatic heterocycles. The van der Waals surface area contributed by atoms with E-state index < -0.39 is 13.5 Å². The fourth-order valence-corrected chi connectivity index (χ4v) is 41.4. The number of aromatic nitrogens is 3. The summed E-state index contributed by atoms with van der Waals surface area (Å²) in [6.07, 6.45) is 87.1. The Hall–Kier alpha value is -5.95. The summed E-state index contributed by atoms with van der Waals surface area (Å²) in [7, 11) is 11.2. The first kappa shape index (κ1) is 98.7. The molecule has 15 unspecified atom stereocenters.